The third kappa shape index (κ3) is 4.33. The summed E-state index contributed by atoms with van der Waals surface area (Å²) in [5.41, 5.74) is 4.45. The van der Waals surface area contributed by atoms with Crippen molar-refractivity contribution in [2.45, 2.75) is 33.4 Å². The normalized spacial score (nSPS) is 10.7. The van der Waals surface area contributed by atoms with E-state index in [2.05, 4.69) is 46.6 Å². The molecule has 0 bridgehead atoms. The van der Waals surface area contributed by atoms with Gasteiger partial charge in [0.2, 0.25) is 11.7 Å². The van der Waals surface area contributed by atoms with Crippen LogP contribution in [0, 0.1) is 6.92 Å². The molecular weight excluding hydrogens is 326 g/mol. The van der Waals surface area contributed by atoms with Crippen LogP contribution in [-0.4, -0.2) is 38.1 Å². The molecule has 134 valence electrons. The van der Waals surface area contributed by atoms with Crippen molar-refractivity contribution in [3.05, 3.63) is 65.2 Å². The topological polar surface area (TPSA) is 63.9 Å². The van der Waals surface area contributed by atoms with Crippen molar-refractivity contribution in [2.24, 2.45) is 0 Å². The highest BCUT2D eigenvalue weighted by Crippen LogP contribution is 2.14. The molecule has 1 heterocycles. The molecule has 0 aliphatic rings. The van der Waals surface area contributed by atoms with E-state index < -0.39 is 0 Å². The molecule has 0 aliphatic heterocycles. The van der Waals surface area contributed by atoms with Gasteiger partial charge in [-0.15, -0.1) is 10.2 Å². The van der Waals surface area contributed by atoms with Crippen LogP contribution in [0.4, 0.5) is 0 Å². The van der Waals surface area contributed by atoms with Crippen molar-refractivity contribution in [3.63, 3.8) is 0 Å². The second kappa shape index (κ2) is 7.91. The monoisotopic (exact) mass is 349 g/mol. The first-order valence-electron chi connectivity index (χ1n) is 8.72. The Kier molecular flexibility index (Phi) is 5.41. The molecule has 1 aromatic heterocycles. The van der Waals surface area contributed by atoms with Crippen molar-refractivity contribution in [1.29, 1.82) is 0 Å². The maximum absolute atomic E-state index is 12.4. The molecule has 1 amide bonds. The van der Waals surface area contributed by atoms with Crippen LogP contribution in [0.25, 0.3) is 11.4 Å². The van der Waals surface area contributed by atoms with E-state index in [-0.39, 0.29) is 12.5 Å². The van der Waals surface area contributed by atoms with E-state index in [4.69, 9.17) is 0 Å². The fraction of sp³-hybridized carbons (Fsp3) is 0.300. The highest BCUT2D eigenvalue weighted by Gasteiger charge is 2.13. The Bertz CT molecular complexity index is 868. The molecule has 6 heteroatoms. The van der Waals surface area contributed by atoms with Crippen molar-refractivity contribution in [2.75, 3.05) is 7.05 Å². The molecule has 0 unspecified atom stereocenters. The van der Waals surface area contributed by atoms with Crippen molar-refractivity contribution < 1.29 is 4.79 Å². The first-order chi connectivity index (χ1) is 12.5. The van der Waals surface area contributed by atoms with Gasteiger partial charge in [0.1, 0.15) is 6.54 Å². The number of aryl methyl sites for hydroxylation is 2. The number of amides is 1. The molecule has 0 atom stereocenters. The van der Waals surface area contributed by atoms with E-state index in [0.29, 0.717) is 12.4 Å². The zero-order chi connectivity index (χ0) is 18.5. The fourth-order valence-corrected chi connectivity index (χ4v) is 2.61. The number of rotatable bonds is 6. The van der Waals surface area contributed by atoms with E-state index in [1.165, 1.54) is 15.9 Å². The van der Waals surface area contributed by atoms with Gasteiger partial charge in [-0.2, -0.15) is 4.80 Å². The second-order valence-electron chi connectivity index (χ2n) is 6.43. The van der Waals surface area contributed by atoms with Crippen LogP contribution >= 0.6 is 0 Å². The predicted octanol–water partition coefficient (Wildman–Crippen LogP) is 2.87. The fourth-order valence-electron chi connectivity index (χ4n) is 2.61. The largest absolute Gasteiger partial charge is 0.340 e. The molecule has 0 spiro atoms. The summed E-state index contributed by atoms with van der Waals surface area (Å²) in [5, 5.41) is 12.3. The minimum absolute atomic E-state index is 0.0579. The average Bonchev–Trinajstić information content (AvgIpc) is 3.11. The average molecular weight is 349 g/mol. The van der Waals surface area contributed by atoms with E-state index in [0.717, 1.165) is 17.5 Å². The SMILES string of the molecule is CCc1ccc(CN(C)C(=O)Cn2nnc(-c3ccc(C)cc3)n2)cc1. The van der Waals surface area contributed by atoms with Gasteiger partial charge in [-0.05, 0) is 29.7 Å². The first kappa shape index (κ1) is 17.8. The van der Waals surface area contributed by atoms with Gasteiger partial charge in [0, 0.05) is 19.2 Å². The number of nitrogens with zero attached hydrogens (tertiary/aromatic N) is 5. The third-order valence-corrected chi connectivity index (χ3v) is 4.32. The number of carbonyl (C=O) groups excluding carboxylic acids is 1. The van der Waals surface area contributed by atoms with Crippen LogP contribution < -0.4 is 0 Å². The molecule has 26 heavy (non-hydrogen) atoms. The van der Waals surface area contributed by atoms with Gasteiger partial charge in [0.25, 0.3) is 0 Å². The highest BCUT2D eigenvalue weighted by molar-refractivity contribution is 5.75. The maximum Gasteiger partial charge on any atom is 0.246 e. The van der Waals surface area contributed by atoms with Gasteiger partial charge in [-0.25, -0.2) is 0 Å². The molecule has 3 aromatic rings. The van der Waals surface area contributed by atoms with E-state index in [1.807, 2.05) is 31.2 Å². The van der Waals surface area contributed by atoms with Gasteiger partial charge in [-0.1, -0.05) is 61.0 Å². The summed E-state index contributed by atoms with van der Waals surface area (Å²) >= 11 is 0. The summed E-state index contributed by atoms with van der Waals surface area (Å²) < 4.78 is 0. The summed E-state index contributed by atoms with van der Waals surface area (Å²) in [7, 11) is 1.79. The molecule has 0 fully saturated rings. The van der Waals surface area contributed by atoms with E-state index in [9.17, 15) is 4.79 Å². The maximum atomic E-state index is 12.4. The third-order valence-electron chi connectivity index (χ3n) is 4.32. The lowest BCUT2D eigenvalue weighted by Gasteiger charge is -2.17. The zero-order valence-electron chi connectivity index (χ0n) is 15.4. The predicted molar refractivity (Wildman–Crippen MR) is 100 cm³/mol. The van der Waals surface area contributed by atoms with E-state index >= 15 is 0 Å². The lowest BCUT2D eigenvalue weighted by atomic mass is 10.1. The Morgan fingerprint density at radius 2 is 1.69 bits per heavy atom. The number of tetrazole rings is 1. The van der Waals surface area contributed by atoms with Crippen molar-refractivity contribution in [1.82, 2.24) is 25.1 Å². The summed E-state index contributed by atoms with van der Waals surface area (Å²) in [4.78, 5) is 15.4. The zero-order valence-corrected chi connectivity index (χ0v) is 15.4. The minimum atomic E-state index is -0.0579. The van der Waals surface area contributed by atoms with Crippen LogP contribution in [-0.2, 0) is 24.3 Å². The van der Waals surface area contributed by atoms with Crippen LogP contribution in [0.3, 0.4) is 0 Å². The second-order valence-corrected chi connectivity index (χ2v) is 6.43. The molecule has 0 aliphatic carbocycles. The van der Waals surface area contributed by atoms with Gasteiger partial charge in [0.15, 0.2) is 0 Å². The lowest BCUT2D eigenvalue weighted by Crippen LogP contribution is -2.30. The molecule has 0 saturated carbocycles. The van der Waals surface area contributed by atoms with Crippen molar-refractivity contribution >= 4 is 5.91 Å². The standard InChI is InChI=1S/C20H23N5O/c1-4-16-7-9-17(10-8-16)13-24(3)19(26)14-25-22-20(21-23-25)18-11-5-15(2)6-12-18/h5-12H,4,13-14H2,1-3H3. The minimum Gasteiger partial charge on any atom is -0.340 e. The van der Waals surface area contributed by atoms with E-state index in [1.54, 1.807) is 11.9 Å². The molecule has 6 nitrogen and oxygen atoms in total. The Balaban J connectivity index is 1.61. The molecule has 0 radical (unpaired) electrons. The Morgan fingerprint density at radius 3 is 2.35 bits per heavy atom. The number of likely N-dealkylation sites (N-methyl/N-ethyl adjacent to an activating group) is 1. The van der Waals surface area contributed by atoms with Gasteiger partial charge >= 0.3 is 0 Å². The Labute approximate surface area is 153 Å². The smallest absolute Gasteiger partial charge is 0.246 e. The van der Waals surface area contributed by atoms with Gasteiger partial charge in [-0.3, -0.25) is 4.79 Å². The summed E-state index contributed by atoms with van der Waals surface area (Å²) in [6.45, 7) is 4.78. The number of carbonyl (C=O) groups is 1. The van der Waals surface area contributed by atoms with Gasteiger partial charge in [0.05, 0.1) is 0 Å². The molecule has 0 N–H and O–H groups in total. The van der Waals surface area contributed by atoms with Crippen LogP contribution in [0.15, 0.2) is 48.5 Å². The highest BCUT2D eigenvalue weighted by atomic mass is 16.2. The summed E-state index contributed by atoms with van der Waals surface area (Å²) in [6.07, 6.45) is 1.01. The number of hydrogen-bond donors (Lipinski definition) is 0. The molecular formula is C20H23N5O. The number of hydrogen-bond acceptors (Lipinski definition) is 4. The van der Waals surface area contributed by atoms with Crippen LogP contribution in [0.5, 0.6) is 0 Å². The Morgan fingerprint density at radius 1 is 1.04 bits per heavy atom. The number of aromatic nitrogens is 4. The molecule has 3 rings (SSSR count). The van der Waals surface area contributed by atoms with Crippen molar-refractivity contribution in [3.8, 4) is 11.4 Å². The molecule has 0 saturated heterocycles. The lowest BCUT2D eigenvalue weighted by molar-refractivity contribution is -0.131. The Hall–Kier alpha value is -3.02. The van der Waals surface area contributed by atoms with Crippen LogP contribution in [0.1, 0.15) is 23.6 Å². The molecule has 2 aromatic carbocycles. The van der Waals surface area contributed by atoms with Gasteiger partial charge < -0.3 is 4.90 Å². The first-order valence-corrected chi connectivity index (χ1v) is 8.72. The number of benzene rings is 2. The van der Waals surface area contributed by atoms with Crippen LogP contribution in [0.2, 0.25) is 0 Å². The summed E-state index contributed by atoms with van der Waals surface area (Å²) in [5.74, 6) is 0.466. The quantitative estimate of drug-likeness (QED) is 0.686. The summed E-state index contributed by atoms with van der Waals surface area (Å²) in [6, 6.07) is 16.2.